The van der Waals surface area contributed by atoms with Gasteiger partial charge in [0, 0.05) is 4.88 Å². The van der Waals surface area contributed by atoms with Gasteiger partial charge in [0.05, 0.1) is 8.61 Å². The lowest BCUT2D eigenvalue weighted by Crippen LogP contribution is -1.96. The van der Waals surface area contributed by atoms with Gasteiger partial charge >= 0.3 is 0 Å². The average molecular weight is 374 g/mol. The lowest BCUT2D eigenvalue weighted by molar-refractivity contribution is 1.13. The highest BCUT2D eigenvalue weighted by molar-refractivity contribution is 9.11. The van der Waals surface area contributed by atoms with E-state index in [1.807, 2.05) is 0 Å². The molecule has 0 saturated carbocycles. The van der Waals surface area contributed by atoms with Crippen molar-refractivity contribution in [3.8, 4) is 0 Å². The van der Waals surface area contributed by atoms with Gasteiger partial charge in [-0.1, -0.05) is 39.7 Å². The molecule has 0 amide bonds. The van der Waals surface area contributed by atoms with Crippen LogP contribution >= 0.6 is 43.2 Å². The summed E-state index contributed by atoms with van der Waals surface area (Å²) in [4.78, 5) is 1.64. The number of halogens is 2. The van der Waals surface area contributed by atoms with E-state index < -0.39 is 0 Å². The molecule has 90 valence electrons. The standard InChI is InChI=1S/C14H14Br2S/c1-8-4-5-9(2)11(6-8)14(16)12-7-13(15)17-10(12)3/h4-7,14H,1-3H3. The summed E-state index contributed by atoms with van der Waals surface area (Å²) in [5.74, 6) is 0. The molecule has 1 aromatic heterocycles. The molecule has 0 nitrogen and oxygen atoms in total. The minimum atomic E-state index is 0.282. The fourth-order valence-electron chi connectivity index (χ4n) is 1.91. The largest absolute Gasteiger partial charge is 0.133 e. The normalized spacial score (nSPS) is 12.8. The second kappa shape index (κ2) is 5.25. The molecule has 0 N–H and O–H groups in total. The van der Waals surface area contributed by atoms with Crippen molar-refractivity contribution in [1.29, 1.82) is 0 Å². The summed E-state index contributed by atoms with van der Waals surface area (Å²) in [5.41, 5.74) is 5.36. The van der Waals surface area contributed by atoms with E-state index in [0.717, 1.165) is 0 Å². The highest BCUT2D eigenvalue weighted by Gasteiger charge is 2.17. The average Bonchev–Trinajstić information content (AvgIpc) is 2.60. The molecule has 2 rings (SSSR count). The third-order valence-corrected chi connectivity index (χ3v) is 5.46. The van der Waals surface area contributed by atoms with Crippen LogP contribution in [-0.4, -0.2) is 0 Å². The highest BCUT2D eigenvalue weighted by atomic mass is 79.9. The van der Waals surface area contributed by atoms with Crippen LogP contribution in [0.3, 0.4) is 0 Å². The van der Waals surface area contributed by atoms with Gasteiger partial charge in [0.2, 0.25) is 0 Å². The van der Waals surface area contributed by atoms with Gasteiger partial charge < -0.3 is 0 Å². The van der Waals surface area contributed by atoms with E-state index in [9.17, 15) is 0 Å². The van der Waals surface area contributed by atoms with Crippen molar-refractivity contribution in [1.82, 2.24) is 0 Å². The molecule has 1 atom stereocenters. The van der Waals surface area contributed by atoms with Crippen molar-refractivity contribution < 1.29 is 0 Å². The van der Waals surface area contributed by atoms with Crippen molar-refractivity contribution in [2.45, 2.75) is 25.6 Å². The van der Waals surface area contributed by atoms with Crippen molar-refractivity contribution in [3.05, 3.63) is 55.2 Å². The van der Waals surface area contributed by atoms with Gasteiger partial charge in [0.15, 0.2) is 0 Å². The van der Waals surface area contributed by atoms with Gasteiger partial charge in [-0.15, -0.1) is 11.3 Å². The zero-order chi connectivity index (χ0) is 12.6. The Hall–Kier alpha value is -0.120. The molecule has 0 saturated heterocycles. The van der Waals surface area contributed by atoms with Gasteiger partial charge in [-0.3, -0.25) is 0 Å². The number of aryl methyl sites for hydroxylation is 3. The molecule has 0 spiro atoms. The molecule has 1 heterocycles. The Morgan fingerprint density at radius 1 is 1.06 bits per heavy atom. The maximum atomic E-state index is 3.83. The summed E-state index contributed by atoms with van der Waals surface area (Å²) < 4.78 is 1.19. The number of alkyl halides is 1. The fourth-order valence-corrected chi connectivity index (χ4v) is 4.78. The Balaban J connectivity index is 2.46. The molecule has 0 aliphatic rings. The maximum Gasteiger partial charge on any atom is 0.0704 e. The summed E-state index contributed by atoms with van der Waals surface area (Å²) in [6, 6.07) is 8.82. The predicted molar refractivity (Wildman–Crippen MR) is 83.4 cm³/mol. The number of benzene rings is 1. The first kappa shape index (κ1) is 13.3. The fraction of sp³-hybridized carbons (Fsp3) is 0.286. The Morgan fingerprint density at radius 3 is 2.35 bits per heavy atom. The van der Waals surface area contributed by atoms with Crippen LogP contribution in [0.2, 0.25) is 0 Å². The smallest absolute Gasteiger partial charge is 0.0704 e. The molecule has 17 heavy (non-hydrogen) atoms. The van der Waals surface area contributed by atoms with Crippen LogP contribution in [0.1, 0.15) is 32.0 Å². The predicted octanol–water partition coefficient (Wildman–Crippen LogP) is 5.92. The SMILES string of the molecule is Cc1ccc(C)c(C(Br)c2cc(Br)sc2C)c1. The second-order valence-electron chi connectivity index (χ2n) is 4.28. The zero-order valence-corrected chi connectivity index (χ0v) is 14.0. The van der Waals surface area contributed by atoms with Crippen LogP contribution in [0.5, 0.6) is 0 Å². The van der Waals surface area contributed by atoms with Crippen LogP contribution in [0.25, 0.3) is 0 Å². The molecular weight excluding hydrogens is 360 g/mol. The second-order valence-corrected chi connectivity index (χ2v) is 7.84. The number of rotatable bonds is 2. The molecule has 2 aromatic rings. The number of hydrogen-bond acceptors (Lipinski definition) is 1. The summed E-state index contributed by atoms with van der Waals surface area (Å²) in [6.07, 6.45) is 0. The van der Waals surface area contributed by atoms with Gasteiger partial charge in [0.25, 0.3) is 0 Å². The molecule has 3 heteroatoms. The first-order chi connectivity index (χ1) is 7.99. The van der Waals surface area contributed by atoms with Crippen LogP contribution in [-0.2, 0) is 0 Å². The third-order valence-electron chi connectivity index (χ3n) is 2.91. The molecule has 0 aliphatic carbocycles. The van der Waals surface area contributed by atoms with Gasteiger partial charge in [-0.25, -0.2) is 0 Å². The van der Waals surface area contributed by atoms with E-state index >= 15 is 0 Å². The zero-order valence-electron chi connectivity index (χ0n) is 10.1. The maximum absolute atomic E-state index is 3.83. The molecule has 0 fully saturated rings. The lowest BCUT2D eigenvalue weighted by atomic mass is 9.99. The summed E-state index contributed by atoms with van der Waals surface area (Å²) in [5, 5.41) is 0. The van der Waals surface area contributed by atoms with E-state index in [1.54, 1.807) is 11.3 Å². The van der Waals surface area contributed by atoms with Crippen LogP contribution in [0.15, 0.2) is 28.1 Å². The third kappa shape index (κ3) is 2.83. The topological polar surface area (TPSA) is 0 Å². The minimum absolute atomic E-state index is 0.282. The Kier molecular flexibility index (Phi) is 4.11. The Bertz CT molecular complexity index is 543. The quantitative estimate of drug-likeness (QED) is 0.573. The summed E-state index contributed by atoms with van der Waals surface area (Å²) >= 11 is 9.17. The lowest BCUT2D eigenvalue weighted by Gasteiger charge is -2.14. The van der Waals surface area contributed by atoms with E-state index in [4.69, 9.17) is 0 Å². The van der Waals surface area contributed by atoms with Crippen molar-refractivity contribution in [2.75, 3.05) is 0 Å². The molecule has 0 bridgehead atoms. The van der Waals surface area contributed by atoms with Crippen molar-refractivity contribution in [2.24, 2.45) is 0 Å². The van der Waals surface area contributed by atoms with E-state index in [-0.39, 0.29) is 4.83 Å². The first-order valence-corrected chi connectivity index (χ1v) is 7.98. The van der Waals surface area contributed by atoms with Crippen LogP contribution in [0.4, 0.5) is 0 Å². The van der Waals surface area contributed by atoms with Crippen LogP contribution in [0, 0.1) is 20.8 Å². The summed E-state index contributed by atoms with van der Waals surface area (Å²) in [7, 11) is 0. The molecule has 1 aromatic carbocycles. The van der Waals surface area contributed by atoms with Crippen molar-refractivity contribution in [3.63, 3.8) is 0 Å². The number of hydrogen-bond donors (Lipinski definition) is 0. The molecular formula is C14H14Br2S. The Morgan fingerprint density at radius 2 is 1.76 bits per heavy atom. The van der Waals surface area contributed by atoms with Gasteiger partial charge in [0.1, 0.15) is 0 Å². The highest BCUT2D eigenvalue weighted by Crippen LogP contribution is 2.39. The van der Waals surface area contributed by atoms with E-state index in [2.05, 4.69) is 76.9 Å². The monoisotopic (exact) mass is 372 g/mol. The first-order valence-electron chi connectivity index (χ1n) is 5.46. The van der Waals surface area contributed by atoms with Crippen molar-refractivity contribution >= 4 is 43.2 Å². The molecule has 1 unspecified atom stereocenters. The van der Waals surface area contributed by atoms with E-state index in [1.165, 1.54) is 30.9 Å². The Labute approximate surface area is 123 Å². The number of thiophene rings is 1. The van der Waals surface area contributed by atoms with Gasteiger partial charge in [-0.05, 0) is 59.5 Å². The van der Waals surface area contributed by atoms with Crippen LogP contribution < -0.4 is 0 Å². The van der Waals surface area contributed by atoms with E-state index in [0.29, 0.717) is 0 Å². The van der Waals surface area contributed by atoms with Gasteiger partial charge in [-0.2, -0.15) is 0 Å². The molecule has 0 aliphatic heterocycles. The minimum Gasteiger partial charge on any atom is -0.133 e. The summed E-state index contributed by atoms with van der Waals surface area (Å²) in [6.45, 7) is 6.48. The molecule has 0 radical (unpaired) electrons.